The average Bonchev–Trinajstić information content (AvgIpc) is 3.11. The molecule has 0 bridgehead atoms. The van der Waals surface area contributed by atoms with E-state index in [1.165, 1.54) is 22.8 Å². The molecule has 3 rings (SSSR count). The molecule has 2 aromatic carbocycles. The number of benzene rings is 2. The van der Waals surface area contributed by atoms with Crippen molar-refractivity contribution >= 4 is 29.0 Å². The Bertz CT molecular complexity index is 917. The van der Waals surface area contributed by atoms with Gasteiger partial charge in [-0.2, -0.15) is 0 Å². The lowest BCUT2D eigenvalue weighted by atomic mass is 10.1. The number of carbonyl (C=O) groups is 2. The summed E-state index contributed by atoms with van der Waals surface area (Å²) >= 11 is 5.87. The van der Waals surface area contributed by atoms with Gasteiger partial charge >= 0.3 is 0 Å². The number of amides is 1. The van der Waals surface area contributed by atoms with Crippen LogP contribution in [0.4, 0.5) is 5.69 Å². The van der Waals surface area contributed by atoms with E-state index in [0.29, 0.717) is 16.3 Å². The summed E-state index contributed by atoms with van der Waals surface area (Å²) in [5, 5.41) is 4.84. The lowest BCUT2D eigenvalue weighted by Gasteiger charge is -2.15. The molecule has 6 nitrogen and oxygen atoms in total. The molecule has 126 valence electrons. The Labute approximate surface area is 149 Å². The van der Waals surface area contributed by atoms with E-state index < -0.39 is 0 Å². The first kappa shape index (κ1) is 16.9. The number of Topliss-reactive ketones (excluding diaryl/α,β-unsaturated/α-hetero) is 1. The molecule has 0 saturated heterocycles. The van der Waals surface area contributed by atoms with Crippen molar-refractivity contribution in [3.8, 4) is 5.69 Å². The van der Waals surface area contributed by atoms with E-state index in [1.54, 1.807) is 55.6 Å². The molecule has 0 saturated carbocycles. The fourth-order valence-electron chi connectivity index (χ4n) is 2.27. The van der Waals surface area contributed by atoms with Gasteiger partial charge in [0.1, 0.15) is 6.33 Å². The van der Waals surface area contributed by atoms with Gasteiger partial charge in [0.05, 0.1) is 5.69 Å². The van der Waals surface area contributed by atoms with Gasteiger partial charge in [0.25, 0.3) is 5.91 Å². The minimum atomic E-state index is -0.344. The van der Waals surface area contributed by atoms with Gasteiger partial charge in [0.15, 0.2) is 5.78 Å². The molecule has 1 aromatic heterocycles. The predicted molar refractivity (Wildman–Crippen MR) is 95.5 cm³/mol. The van der Waals surface area contributed by atoms with Crippen LogP contribution in [0.1, 0.15) is 27.9 Å². The standard InChI is InChI=1S/C18H15ClN4O2/c1-12(24)13-3-7-15(8-4-13)22(2)18(25)17-20-11-23(21-17)16-9-5-14(19)6-10-16/h3-11H,1-2H3. The largest absolute Gasteiger partial charge is 0.309 e. The normalized spacial score (nSPS) is 10.5. The summed E-state index contributed by atoms with van der Waals surface area (Å²) in [5.41, 5.74) is 2.00. The van der Waals surface area contributed by atoms with Crippen molar-refractivity contribution in [1.29, 1.82) is 0 Å². The second-order valence-corrected chi connectivity index (χ2v) is 5.89. The zero-order valence-corrected chi connectivity index (χ0v) is 14.4. The maximum atomic E-state index is 12.6. The zero-order chi connectivity index (χ0) is 18.0. The maximum absolute atomic E-state index is 12.6. The second kappa shape index (κ2) is 6.86. The highest BCUT2D eigenvalue weighted by Crippen LogP contribution is 2.17. The summed E-state index contributed by atoms with van der Waals surface area (Å²) < 4.78 is 1.51. The summed E-state index contributed by atoms with van der Waals surface area (Å²) in [7, 11) is 1.63. The van der Waals surface area contributed by atoms with Crippen molar-refractivity contribution < 1.29 is 9.59 Å². The summed E-state index contributed by atoms with van der Waals surface area (Å²) in [6.07, 6.45) is 1.48. The number of carbonyl (C=O) groups excluding carboxylic acids is 2. The molecule has 0 aliphatic carbocycles. The van der Waals surface area contributed by atoms with Gasteiger partial charge in [-0.05, 0) is 55.5 Å². The van der Waals surface area contributed by atoms with Gasteiger partial charge in [-0.1, -0.05) is 11.6 Å². The molecule has 0 aliphatic rings. The molecule has 0 spiro atoms. The molecule has 7 heteroatoms. The smallest absolute Gasteiger partial charge is 0.297 e. The molecule has 0 unspecified atom stereocenters. The Morgan fingerprint density at radius 3 is 2.28 bits per heavy atom. The highest BCUT2D eigenvalue weighted by Gasteiger charge is 2.18. The van der Waals surface area contributed by atoms with E-state index in [0.717, 1.165) is 5.69 Å². The van der Waals surface area contributed by atoms with E-state index in [9.17, 15) is 9.59 Å². The molecular weight excluding hydrogens is 340 g/mol. The topological polar surface area (TPSA) is 68.1 Å². The second-order valence-electron chi connectivity index (χ2n) is 5.46. The molecule has 0 N–H and O–H groups in total. The summed E-state index contributed by atoms with van der Waals surface area (Å²) in [6, 6.07) is 13.8. The Morgan fingerprint density at radius 1 is 1.04 bits per heavy atom. The van der Waals surface area contributed by atoms with Crippen molar-refractivity contribution in [2.75, 3.05) is 11.9 Å². The predicted octanol–water partition coefficient (Wildman–Crippen LogP) is 3.40. The number of aromatic nitrogens is 3. The molecule has 0 fully saturated rings. The third-order valence-corrected chi connectivity index (χ3v) is 3.99. The van der Waals surface area contributed by atoms with Gasteiger partial charge in [-0.15, -0.1) is 5.10 Å². The van der Waals surface area contributed by atoms with Crippen LogP contribution in [0.3, 0.4) is 0 Å². The van der Waals surface area contributed by atoms with Gasteiger partial charge in [-0.3, -0.25) is 9.59 Å². The summed E-state index contributed by atoms with van der Waals surface area (Å²) in [6.45, 7) is 1.50. The van der Waals surface area contributed by atoms with Gasteiger partial charge in [-0.25, -0.2) is 9.67 Å². The van der Waals surface area contributed by atoms with Crippen molar-refractivity contribution in [1.82, 2.24) is 14.8 Å². The lowest BCUT2D eigenvalue weighted by molar-refractivity contribution is 0.0982. The van der Waals surface area contributed by atoms with Crippen LogP contribution < -0.4 is 4.90 Å². The third-order valence-electron chi connectivity index (χ3n) is 3.74. The van der Waals surface area contributed by atoms with Crippen LogP contribution in [-0.2, 0) is 0 Å². The number of halogens is 1. The van der Waals surface area contributed by atoms with E-state index >= 15 is 0 Å². The Morgan fingerprint density at radius 2 is 1.68 bits per heavy atom. The summed E-state index contributed by atoms with van der Waals surface area (Å²) in [5.74, 6) is -0.291. The maximum Gasteiger partial charge on any atom is 0.297 e. The Balaban J connectivity index is 1.80. The van der Waals surface area contributed by atoms with Crippen LogP contribution in [-0.4, -0.2) is 33.5 Å². The van der Waals surface area contributed by atoms with Gasteiger partial charge < -0.3 is 4.90 Å². The Hall–Kier alpha value is -2.99. The first-order valence-electron chi connectivity index (χ1n) is 7.52. The van der Waals surface area contributed by atoms with Crippen LogP contribution in [0.25, 0.3) is 5.69 Å². The van der Waals surface area contributed by atoms with Crippen LogP contribution in [0, 0.1) is 0 Å². The van der Waals surface area contributed by atoms with Crippen molar-refractivity contribution in [3.63, 3.8) is 0 Å². The molecule has 25 heavy (non-hydrogen) atoms. The van der Waals surface area contributed by atoms with Crippen LogP contribution >= 0.6 is 11.6 Å². The lowest BCUT2D eigenvalue weighted by Crippen LogP contribution is -2.27. The van der Waals surface area contributed by atoms with Crippen molar-refractivity contribution in [3.05, 3.63) is 71.3 Å². The van der Waals surface area contributed by atoms with Gasteiger partial charge in [0.2, 0.25) is 5.82 Å². The number of anilines is 1. The Kier molecular flexibility index (Phi) is 4.63. The number of ketones is 1. The van der Waals surface area contributed by atoms with Crippen LogP contribution in [0.5, 0.6) is 0 Å². The van der Waals surface area contributed by atoms with E-state index in [1.807, 2.05) is 0 Å². The monoisotopic (exact) mass is 354 g/mol. The molecule has 0 atom stereocenters. The van der Waals surface area contributed by atoms with E-state index in [-0.39, 0.29) is 17.5 Å². The number of nitrogens with zero attached hydrogens (tertiary/aromatic N) is 4. The van der Waals surface area contributed by atoms with Crippen molar-refractivity contribution in [2.45, 2.75) is 6.92 Å². The first-order valence-corrected chi connectivity index (χ1v) is 7.90. The molecular formula is C18H15ClN4O2. The number of hydrogen-bond donors (Lipinski definition) is 0. The highest BCUT2D eigenvalue weighted by atomic mass is 35.5. The molecule has 3 aromatic rings. The van der Waals surface area contributed by atoms with Crippen molar-refractivity contribution in [2.24, 2.45) is 0 Å². The molecule has 0 aliphatic heterocycles. The zero-order valence-electron chi connectivity index (χ0n) is 13.7. The third kappa shape index (κ3) is 3.59. The van der Waals surface area contributed by atoms with E-state index in [2.05, 4.69) is 10.1 Å². The van der Waals surface area contributed by atoms with Crippen LogP contribution in [0.2, 0.25) is 5.02 Å². The highest BCUT2D eigenvalue weighted by molar-refractivity contribution is 6.30. The van der Waals surface area contributed by atoms with Crippen LogP contribution in [0.15, 0.2) is 54.9 Å². The van der Waals surface area contributed by atoms with Gasteiger partial charge in [0, 0.05) is 23.3 Å². The molecule has 0 radical (unpaired) electrons. The quantitative estimate of drug-likeness (QED) is 0.673. The summed E-state index contributed by atoms with van der Waals surface area (Å²) in [4.78, 5) is 29.4. The number of hydrogen-bond acceptors (Lipinski definition) is 4. The fourth-order valence-corrected chi connectivity index (χ4v) is 2.39. The SMILES string of the molecule is CC(=O)c1ccc(N(C)C(=O)c2ncn(-c3ccc(Cl)cc3)n2)cc1. The molecule has 1 heterocycles. The minimum Gasteiger partial charge on any atom is -0.309 e. The molecule has 1 amide bonds. The first-order chi connectivity index (χ1) is 12.0. The minimum absolute atomic E-state index is 0.0242. The fraction of sp³-hybridized carbons (Fsp3) is 0.111. The van der Waals surface area contributed by atoms with E-state index in [4.69, 9.17) is 11.6 Å². The number of rotatable bonds is 4. The average molecular weight is 355 g/mol.